The molecule has 108 valence electrons. The average molecular weight is 302 g/mol. The standard InChI is InChI=1S/C14H14N4O2S/c1-3-20-11-6-4-10(5-7-11)15-13(19)12-8-18-14(16-12)21-9(2)17-18/h4-8H,3H2,1-2H3,(H,15,19). The number of carbonyl (C=O) groups excluding carboxylic acids is 1. The molecule has 0 atom stereocenters. The Morgan fingerprint density at radius 1 is 1.38 bits per heavy atom. The van der Waals surface area contributed by atoms with Crippen LogP contribution in [0.1, 0.15) is 22.4 Å². The maximum atomic E-state index is 12.1. The predicted molar refractivity (Wildman–Crippen MR) is 81.2 cm³/mol. The third-order valence-corrected chi connectivity index (χ3v) is 3.64. The van der Waals surface area contributed by atoms with Crippen molar-refractivity contribution in [2.75, 3.05) is 11.9 Å². The summed E-state index contributed by atoms with van der Waals surface area (Å²) in [6.07, 6.45) is 1.63. The number of carbonyl (C=O) groups is 1. The summed E-state index contributed by atoms with van der Waals surface area (Å²) >= 11 is 1.45. The molecule has 1 N–H and O–H groups in total. The maximum absolute atomic E-state index is 12.1. The van der Waals surface area contributed by atoms with Crippen LogP contribution >= 0.6 is 11.3 Å². The molecule has 0 saturated heterocycles. The second kappa shape index (κ2) is 5.53. The fraction of sp³-hybridized carbons (Fsp3) is 0.214. The molecule has 1 amide bonds. The molecule has 0 aliphatic carbocycles. The molecule has 1 aromatic carbocycles. The number of hydrogen-bond acceptors (Lipinski definition) is 5. The van der Waals surface area contributed by atoms with Crippen LogP contribution in [0, 0.1) is 6.92 Å². The Balaban J connectivity index is 1.74. The van der Waals surface area contributed by atoms with Gasteiger partial charge in [0.2, 0.25) is 4.96 Å². The number of amides is 1. The van der Waals surface area contributed by atoms with Crippen molar-refractivity contribution in [1.82, 2.24) is 14.6 Å². The van der Waals surface area contributed by atoms with Crippen molar-refractivity contribution in [2.24, 2.45) is 0 Å². The van der Waals surface area contributed by atoms with Crippen molar-refractivity contribution in [1.29, 1.82) is 0 Å². The third kappa shape index (κ3) is 2.87. The molecule has 7 heteroatoms. The summed E-state index contributed by atoms with van der Waals surface area (Å²) in [5.41, 5.74) is 1.05. The van der Waals surface area contributed by atoms with Gasteiger partial charge < -0.3 is 10.1 Å². The minimum absolute atomic E-state index is 0.255. The predicted octanol–water partition coefficient (Wildman–Crippen LogP) is 2.75. The number of imidazole rings is 1. The minimum atomic E-state index is -0.255. The van der Waals surface area contributed by atoms with Gasteiger partial charge in [0.1, 0.15) is 16.5 Å². The van der Waals surface area contributed by atoms with Gasteiger partial charge >= 0.3 is 0 Å². The molecule has 0 unspecified atom stereocenters. The highest BCUT2D eigenvalue weighted by Gasteiger charge is 2.13. The monoisotopic (exact) mass is 302 g/mol. The van der Waals surface area contributed by atoms with Crippen LogP contribution in [0.25, 0.3) is 4.96 Å². The van der Waals surface area contributed by atoms with Crippen molar-refractivity contribution in [3.8, 4) is 5.75 Å². The van der Waals surface area contributed by atoms with E-state index in [-0.39, 0.29) is 5.91 Å². The van der Waals surface area contributed by atoms with Gasteiger partial charge in [-0.15, -0.1) is 0 Å². The number of ether oxygens (including phenoxy) is 1. The third-order valence-electron chi connectivity index (χ3n) is 2.80. The Labute approximate surface area is 125 Å². The first-order chi connectivity index (χ1) is 10.2. The number of rotatable bonds is 4. The zero-order valence-electron chi connectivity index (χ0n) is 11.7. The number of anilines is 1. The van der Waals surface area contributed by atoms with Crippen molar-refractivity contribution >= 4 is 27.9 Å². The summed E-state index contributed by atoms with van der Waals surface area (Å²) in [5, 5.41) is 7.94. The number of aromatic nitrogens is 3. The molecule has 0 aliphatic rings. The van der Waals surface area contributed by atoms with E-state index in [0.29, 0.717) is 22.9 Å². The van der Waals surface area contributed by atoms with Crippen LogP contribution in [0.3, 0.4) is 0 Å². The summed E-state index contributed by atoms with van der Waals surface area (Å²) in [6, 6.07) is 7.22. The first kappa shape index (κ1) is 13.6. The molecular formula is C14H14N4O2S. The normalized spacial score (nSPS) is 10.8. The number of fused-ring (bicyclic) bond motifs is 1. The van der Waals surface area contributed by atoms with Crippen LogP contribution in [0.15, 0.2) is 30.5 Å². The summed E-state index contributed by atoms with van der Waals surface area (Å²) < 4.78 is 6.97. The van der Waals surface area contributed by atoms with Gasteiger partial charge in [-0.05, 0) is 38.1 Å². The van der Waals surface area contributed by atoms with Crippen LogP contribution in [0.5, 0.6) is 5.75 Å². The summed E-state index contributed by atoms with van der Waals surface area (Å²) in [4.78, 5) is 17.1. The number of hydrogen-bond donors (Lipinski definition) is 1. The van der Waals surface area contributed by atoms with Crippen LogP contribution in [-0.2, 0) is 0 Å². The molecule has 6 nitrogen and oxygen atoms in total. The maximum Gasteiger partial charge on any atom is 0.275 e. The van der Waals surface area contributed by atoms with E-state index in [0.717, 1.165) is 10.8 Å². The van der Waals surface area contributed by atoms with Crippen LogP contribution in [-0.4, -0.2) is 27.1 Å². The molecule has 21 heavy (non-hydrogen) atoms. The van der Waals surface area contributed by atoms with Gasteiger partial charge in [-0.25, -0.2) is 9.50 Å². The zero-order valence-corrected chi connectivity index (χ0v) is 12.5. The van der Waals surface area contributed by atoms with Crippen molar-refractivity contribution in [3.05, 3.63) is 41.2 Å². The second-order valence-electron chi connectivity index (χ2n) is 4.39. The van der Waals surface area contributed by atoms with Crippen LogP contribution in [0.4, 0.5) is 5.69 Å². The van der Waals surface area contributed by atoms with Crippen molar-refractivity contribution < 1.29 is 9.53 Å². The van der Waals surface area contributed by atoms with E-state index in [1.165, 1.54) is 11.3 Å². The number of nitrogens with zero attached hydrogens (tertiary/aromatic N) is 3. The Morgan fingerprint density at radius 3 is 2.81 bits per heavy atom. The molecule has 2 heterocycles. The number of nitrogens with one attached hydrogen (secondary N) is 1. The van der Waals surface area contributed by atoms with E-state index in [4.69, 9.17) is 4.74 Å². The lowest BCUT2D eigenvalue weighted by atomic mass is 10.3. The van der Waals surface area contributed by atoms with Crippen LogP contribution < -0.4 is 10.1 Å². The van der Waals surface area contributed by atoms with Gasteiger partial charge in [0.15, 0.2) is 0 Å². The van der Waals surface area contributed by atoms with Crippen LogP contribution in [0.2, 0.25) is 0 Å². The zero-order chi connectivity index (χ0) is 14.8. The Hall–Kier alpha value is -2.41. The summed E-state index contributed by atoms with van der Waals surface area (Å²) in [7, 11) is 0. The molecule has 0 fully saturated rings. The molecule has 0 radical (unpaired) electrons. The lowest BCUT2D eigenvalue weighted by Crippen LogP contribution is -2.12. The molecule has 0 bridgehead atoms. The molecule has 0 saturated carbocycles. The first-order valence-electron chi connectivity index (χ1n) is 6.52. The molecule has 3 rings (SSSR count). The molecule has 0 aliphatic heterocycles. The highest BCUT2D eigenvalue weighted by molar-refractivity contribution is 7.16. The van der Waals surface area contributed by atoms with E-state index in [1.807, 2.05) is 26.0 Å². The van der Waals surface area contributed by atoms with E-state index >= 15 is 0 Å². The quantitative estimate of drug-likeness (QED) is 0.804. The van der Waals surface area contributed by atoms with Gasteiger partial charge in [0.25, 0.3) is 5.91 Å². The molecular weight excluding hydrogens is 288 g/mol. The first-order valence-corrected chi connectivity index (χ1v) is 7.34. The summed E-state index contributed by atoms with van der Waals surface area (Å²) in [6.45, 7) is 4.44. The van der Waals surface area contributed by atoms with E-state index in [1.54, 1.807) is 22.8 Å². The fourth-order valence-corrected chi connectivity index (χ4v) is 2.63. The number of aryl methyl sites for hydroxylation is 1. The lowest BCUT2D eigenvalue weighted by molar-refractivity contribution is 0.102. The topological polar surface area (TPSA) is 68.5 Å². The van der Waals surface area contributed by atoms with Gasteiger partial charge in [-0.2, -0.15) is 5.10 Å². The largest absolute Gasteiger partial charge is 0.494 e. The second-order valence-corrected chi connectivity index (χ2v) is 5.55. The van der Waals surface area contributed by atoms with Gasteiger partial charge in [0.05, 0.1) is 12.8 Å². The summed E-state index contributed by atoms with van der Waals surface area (Å²) in [5.74, 6) is 0.521. The SMILES string of the molecule is CCOc1ccc(NC(=O)c2cn3nc(C)sc3n2)cc1. The van der Waals surface area contributed by atoms with E-state index in [9.17, 15) is 4.79 Å². The van der Waals surface area contributed by atoms with Gasteiger partial charge in [-0.1, -0.05) is 11.3 Å². The molecule has 3 aromatic rings. The number of benzene rings is 1. The van der Waals surface area contributed by atoms with E-state index < -0.39 is 0 Å². The van der Waals surface area contributed by atoms with Crippen molar-refractivity contribution in [2.45, 2.75) is 13.8 Å². The lowest BCUT2D eigenvalue weighted by Gasteiger charge is -2.05. The highest BCUT2D eigenvalue weighted by atomic mass is 32.1. The fourth-order valence-electron chi connectivity index (χ4n) is 1.91. The minimum Gasteiger partial charge on any atom is -0.494 e. The van der Waals surface area contributed by atoms with Gasteiger partial charge in [0, 0.05) is 5.69 Å². The van der Waals surface area contributed by atoms with E-state index in [2.05, 4.69) is 15.4 Å². The van der Waals surface area contributed by atoms with Gasteiger partial charge in [-0.3, -0.25) is 4.79 Å². The Kier molecular flexibility index (Phi) is 3.57. The highest BCUT2D eigenvalue weighted by Crippen LogP contribution is 2.17. The van der Waals surface area contributed by atoms with Crippen molar-refractivity contribution in [3.63, 3.8) is 0 Å². The Morgan fingerprint density at radius 2 is 2.14 bits per heavy atom. The Bertz CT molecular complexity index is 744. The smallest absolute Gasteiger partial charge is 0.275 e. The average Bonchev–Trinajstić information content (AvgIpc) is 2.98. The molecule has 0 spiro atoms. The molecule has 2 aromatic heterocycles.